The van der Waals surface area contributed by atoms with E-state index >= 15 is 0 Å². The third kappa shape index (κ3) is 3.56. The van der Waals surface area contributed by atoms with E-state index in [1.807, 2.05) is 0 Å². The standard InChI is InChI=1S/C19H14F2N4OS/c1-11-9-16(22-17(26)10-12-5-7-13(20)8-6-12)25(24-11)19-23-18-14(21)3-2-4-15(18)27-19/h2-9H,10H2,1H3,(H,22,26). The van der Waals surface area contributed by atoms with Crippen LogP contribution in [0.1, 0.15) is 11.3 Å². The van der Waals surface area contributed by atoms with Crippen LogP contribution >= 0.6 is 11.3 Å². The molecule has 0 fully saturated rings. The number of carbonyl (C=O) groups is 1. The fraction of sp³-hybridized carbons (Fsp3) is 0.105. The van der Waals surface area contributed by atoms with Crippen molar-refractivity contribution < 1.29 is 13.6 Å². The van der Waals surface area contributed by atoms with E-state index in [0.717, 1.165) is 0 Å². The van der Waals surface area contributed by atoms with E-state index in [9.17, 15) is 13.6 Å². The lowest BCUT2D eigenvalue weighted by Crippen LogP contribution is -2.17. The van der Waals surface area contributed by atoms with Crippen molar-refractivity contribution in [3.63, 3.8) is 0 Å². The van der Waals surface area contributed by atoms with Gasteiger partial charge in [-0.1, -0.05) is 29.5 Å². The zero-order chi connectivity index (χ0) is 19.0. The molecular formula is C19H14F2N4OS. The van der Waals surface area contributed by atoms with Crippen LogP contribution in [0.25, 0.3) is 15.3 Å². The van der Waals surface area contributed by atoms with E-state index in [-0.39, 0.29) is 23.7 Å². The fourth-order valence-corrected chi connectivity index (χ4v) is 3.65. The van der Waals surface area contributed by atoms with Crippen LogP contribution in [0, 0.1) is 18.6 Å². The number of hydrogen-bond acceptors (Lipinski definition) is 4. The Hall–Kier alpha value is -3.13. The maximum Gasteiger partial charge on any atom is 0.229 e. The molecule has 5 nitrogen and oxygen atoms in total. The first-order valence-electron chi connectivity index (χ1n) is 8.16. The van der Waals surface area contributed by atoms with Crippen molar-refractivity contribution in [2.75, 3.05) is 5.32 Å². The number of hydrogen-bond donors (Lipinski definition) is 1. The summed E-state index contributed by atoms with van der Waals surface area (Å²) in [5.41, 5.74) is 1.65. The molecule has 0 aliphatic heterocycles. The molecule has 0 atom stereocenters. The van der Waals surface area contributed by atoms with Crippen LogP contribution in [0.2, 0.25) is 0 Å². The Bertz CT molecular complexity index is 1130. The molecule has 136 valence electrons. The number of halogens is 2. The zero-order valence-electron chi connectivity index (χ0n) is 14.2. The summed E-state index contributed by atoms with van der Waals surface area (Å²) in [4.78, 5) is 16.7. The summed E-state index contributed by atoms with van der Waals surface area (Å²) >= 11 is 1.28. The average molecular weight is 384 g/mol. The maximum absolute atomic E-state index is 13.9. The predicted molar refractivity (Wildman–Crippen MR) is 100 cm³/mol. The van der Waals surface area contributed by atoms with Crippen molar-refractivity contribution in [2.24, 2.45) is 0 Å². The lowest BCUT2D eigenvalue weighted by molar-refractivity contribution is -0.115. The summed E-state index contributed by atoms with van der Waals surface area (Å²) in [5, 5.41) is 7.61. The van der Waals surface area contributed by atoms with Gasteiger partial charge in [0.2, 0.25) is 11.0 Å². The molecular weight excluding hydrogens is 370 g/mol. The van der Waals surface area contributed by atoms with E-state index in [1.54, 1.807) is 37.3 Å². The van der Waals surface area contributed by atoms with Crippen LogP contribution in [0.4, 0.5) is 14.6 Å². The molecule has 0 spiro atoms. The summed E-state index contributed by atoms with van der Waals surface area (Å²) in [6, 6.07) is 12.2. The van der Waals surface area contributed by atoms with Gasteiger partial charge in [-0.15, -0.1) is 0 Å². The van der Waals surface area contributed by atoms with Gasteiger partial charge in [0, 0.05) is 6.07 Å². The second-order valence-corrected chi connectivity index (χ2v) is 7.03. The number of para-hydroxylation sites is 1. The number of amides is 1. The van der Waals surface area contributed by atoms with Gasteiger partial charge in [-0.25, -0.2) is 13.8 Å². The van der Waals surface area contributed by atoms with Crippen molar-refractivity contribution >= 4 is 33.3 Å². The Morgan fingerprint density at radius 1 is 1.19 bits per heavy atom. The second kappa shape index (κ2) is 6.88. The van der Waals surface area contributed by atoms with Crippen molar-refractivity contribution in [3.05, 3.63) is 71.4 Å². The van der Waals surface area contributed by atoms with Crippen LogP contribution in [-0.4, -0.2) is 20.7 Å². The third-order valence-corrected chi connectivity index (χ3v) is 4.91. The largest absolute Gasteiger partial charge is 0.310 e. The number of carbonyl (C=O) groups excluding carboxylic acids is 1. The highest BCUT2D eigenvalue weighted by Crippen LogP contribution is 2.28. The monoisotopic (exact) mass is 384 g/mol. The van der Waals surface area contributed by atoms with Crippen molar-refractivity contribution in [1.29, 1.82) is 0 Å². The lowest BCUT2D eigenvalue weighted by Gasteiger charge is -2.06. The molecule has 0 saturated heterocycles. The van der Waals surface area contributed by atoms with E-state index < -0.39 is 5.82 Å². The third-order valence-electron chi connectivity index (χ3n) is 3.92. The van der Waals surface area contributed by atoms with Crippen LogP contribution in [0.5, 0.6) is 0 Å². The second-order valence-electron chi connectivity index (χ2n) is 6.02. The fourth-order valence-electron chi connectivity index (χ4n) is 2.70. The minimum Gasteiger partial charge on any atom is -0.310 e. The number of aromatic nitrogens is 3. The molecule has 0 saturated carbocycles. The summed E-state index contributed by atoms with van der Waals surface area (Å²) in [6.45, 7) is 1.79. The van der Waals surface area contributed by atoms with E-state index in [4.69, 9.17) is 0 Å². The average Bonchev–Trinajstić information content (AvgIpc) is 3.21. The summed E-state index contributed by atoms with van der Waals surface area (Å²) < 4.78 is 29.1. The number of anilines is 1. The molecule has 0 unspecified atom stereocenters. The Balaban J connectivity index is 1.61. The number of aryl methyl sites for hydroxylation is 1. The Labute approximate surface area is 157 Å². The van der Waals surface area contributed by atoms with Crippen molar-refractivity contribution in [1.82, 2.24) is 14.8 Å². The molecule has 4 rings (SSSR count). The normalized spacial score (nSPS) is 11.1. The van der Waals surface area contributed by atoms with E-state index in [0.29, 0.717) is 26.9 Å². The molecule has 27 heavy (non-hydrogen) atoms. The highest BCUT2D eigenvalue weighted by molar-refractivity contribution is 7.20. The van der Waals surface area contributed by atoms with Crippen molar-refractivity contribution in [2.45, 2.75) is 13.3 Å². The number of nitrogens with one attached hydrogen (secondary N) is 1. The Morgan fingerprint density at radius 3 is 2.70 bits per heavy atom. The first-order chi connectivity index (χ1) is 13.0. The zero-order valence-corrected chi connectivity index (χ0v) is 15.1. The first kappa shape index (κ1) is 17.3. The molecule has 0 aliphatic rings. The summed E-state index contributed by atoms with van der Waals surface area (Å²) in [5.74, 6) is -0.578. The number of nitrogens with zero attached hydrogens (tertiary/aromatic N) is 3. The molecule has 1 N–H and O–H groups in total. The minimum atomic E-state index is -0.402. The quantitative estimate of drug-likeness (QED) is 0.572. The number of benzene rings is 2. The minimum absolute atomic E-state index is 0.0962. The predicted octanol–water partition coefficient (Wildman–Crippen LogP) is 4.25. The number of rotatable bonds is 4. The van der Waals surface area contributed by atoms with Gasteiger partial charge in [0.1, 0.15) is 23.0 Å². The maximum atomic E-state index is 13.9. The van der Waals surface area contributed by atoms with Crippen molar-refractivity contribution in [3.8, 4) is 5.13 Å². The number of thiazole rings is 1. The first-order valence-corrected chi connectivity index (χ1v) is 8.97. The SMILES string of the molecule is Cc1cc(NC(=O)Cc2ccc(F)cc2)n(-c2nc3c(F)cccc3s2)n1. The highest BCUT2D eigenvalue weighted by atomic mass is 32.1. The van der Waals surface area contributed by atoms with Crippen LogP contribution in [0.15, 0.2) is 48.5 Å². The Kier molecular flexibility index (Phi) is 4.41. The summed E-state index contributed by atoms with van der Waals surface area (Å²) in [7, 11) is 0. The van der Waals surface area contributed by atoms with Gasteiger partial charge >= 0.3 is 0 Å². The Morgan fingerprint density at radius 2 is 1.96 bits per heavy atom. The van der Waals surface area contributed by atoms with Gasteiger partial charge < -0.3 is 5.32 Å². The van der Waals surface area contributed by atoms with Gasteiger partial charge in [-0.2, -0.15) is 9.78 Å². The molecule has 2 heterocycles. The van der Waals surface area contributed by atoms with Gasteiger partial charge in [0.15, 0.2) is 0 Å². The van der Waals surface area contributed by atoms with Gasteiger partial charge in [-0.05, 0) is 36.8 Å². The van der Waals surface area contributed by atoms with Gasteiger partial charge in [0.05, 0.1) is 16.8 Å². The topological polar surface area (TPSA) is 59.8 Å². The van der Waals surface area contributed by atoms with Crippen LogP contribution in [0.3, 0.4) is 0 Å². The molecule has 0 radical (unpaired) electrons. The lowest BCUT2D eigenvalue weighted by atomic mass is 10.1. The molecule has 1 amide bonds. The molecule has 4 aromatic rings. The van der Waals surface area contributed by atoms with Crippen LogP contribution in [-0.2, 0) is 11.2 Å². The summed E-state index contributed by atoms with van der Waals surface area (Å²) in [6.07, 6.45) is 0.0962. The van der Waals surface area contributed by atoms with Gasteiger partial charge in [-0.3, -0.25) is 4.79 Å². The molecule has 2 aromatic carbocycles. The number of fused-ring (bicyclic) bond motifs is 1. The van der Waals surface area contributed by atoms with E-state index in [2.05, 4.69) is 15.4 Å². The molecule has 0 aliphatic carbocycles. The van der Waals surface area contributed by atoms with Crippen LogP contribution < -0.4 is 5.32 Å². The molecule has 2 aromatic heterocycles. The molecule has 0 bridgehead atoms. The molecule has 8 heteroatoms. The smallest absolute Gasteiger partial charge is 0.229 e. The van der Waals surface area contributed by atoms with E-state index in [1.165, 1.54) is 34.2 Å². The van der Waals surface area contributed by atoms with Gasteiger partial charge in [0.25, 0.3) is 0 Å². The highest BCUT2D eigenvalue weighted by Gasteiger charge is 2.16.